The second kappa shape index (κ2) is 5.41. The third-order valence-corrected chi connectivity index (χ3v) is 3.58. The van der Waals surface area contributed by atoms with E-state index in [1.54, 1.807) is 6.07 Å². The van der Waals surface area contributed by atoms with Crippen molar-refractivity contribution in [3.63, 3.8) is 0 Å². The van der Waals surface area contributed by atoms with Crippen LogP contribution in [0, 0.1) is 11.7 Å². The topological polar surface area (TPSA) is 25.2 Å². The predicted octanol–water partition coefficient (Wildman–Crippen LogP) is 4.64. The zero-order valence-corrected chi connectivity index (χ0v) is 12.3. The maximum Gasteiger partial charge on any atom is 0.141 e. The standard InChI is InChI=1S/C14H17BrFNO/c1-4-17-14(8(2)3)13-6-9-5-10(15)11(16)7-12(9)18-13/h5-8,14,17H,4H2,1-3H3. The molecule has 1 unspecified atom stereocenters. The van der Waals surface area contributed by atoms with Gasteiger partial charge in [0.1, 0.15) is 17.2 Å². The molecule has 1 N–H and O–H groups in total. The Morgan fingerprint density at radius 3 is 2.67 bits per heavy atom. The summed E-state index contributed by atoms with van der Waals surface area (Å²) in [6.07, 6.45) is 0. The normalized spacial score (nSPS) is 13.4. The van der Waals surface area contributed by atoms with Crippen molar-refractivity contribution in [2.24, 2.45) is 5.92 Å². The van der Waals surface area contributed by atoms with Crippen LogP contribution in [0.4, 0.5) is 4.39 Å². The lowest BCUT2D eigenvalue weighted by Crippen LogP contribution is -2.24. The molecule has 0 fully saturated rings. The van der Waals surface area contributed by atoms with E-state index in [1.807, 2.05) is 6.07 Å². The van der Waals surface area contributed by atoms with Gasteiger partial charge < -0.3 is 9.73 Å². The molecule has 0 radical (unpaired) electrons. The van der Waals surface area contributed by atoms with Crippen LogP contribution in [0.15, 0.2) is 27.1 Å². The molecule has 0 aliphatic heterocycles. The Kier molecular flexibility index (Phi) is 4.07. The van der Waals surface area contributed by atoms with Gasteiger partial charge >= 0.3 is 0 Å². The van der Waals surface area contributed by atoms with E-state index in [4.69, 9.17) is 4.42 Å². The number of halogens is 2. The maximum absolute atomic E-state index is 13.4. The van der Waals surface area contributed by atoms with Crippen molar-refractivity contribution >= 4 is 26.9 Å². The molecule has 0 saturated heterocycles. The summed E-state index contributed by atoms with van der Waals surface area (Å²) in [7, 11) is 0. The molecule has 2 rings (SSSR count). The van der Waals surface area contributed by atoms with E-state index in [0.29, 0.717) is 16.0 Å². The maximum atomic E-state index is 13.4. The Hall–Kier alpha value is -0.870. The van der Waals surface area contributed by atoms with Gasteiger partial charge in [0.2, 0.25) is 0 Å². The molecule has 98 valence electrons. The lowest BCUT2D eigenvalue weighted by Gasteiger charge is -2.18. The molecule has 2 aromatic rings. The van der Waals surface area contributed by atoms with E-state index in [0.717, 1.165) is 17.7 Å². The highest BCUT2D eigenvalue weighted by molar-refractivity contribution is 9.10. The smallest absolute Gasteiger partial charge is 0.141 e. The molecule has 1 atom stereocenters. The van der Waals surface area contributed by atoms with Crippen molar-refractivity contribution in [1.29, 1.82) is 0 Å². The first-order valence-corrected chi connectivity index (χ1v) is 6.94. The van der Waals surface area contributed by atoms with E-state index >= 15 is 0 Å². The van der Waals surface area contributed by atoms with Crippen LogP contribution in [0.2, 0.25) is 0 Å². The van der Waals surface area contributed by atoms with Crippen LogP contribution in [-0.2, 0) is 0 Å². The van der Waals surface area contributed by atoms with Gasteiger partial charge in [-0.25, -0.2) is 4.39 Å². The predicted molar refractivity (Wildman–Crippen MR) is 75.1 cm³/mol. The van der Waals surface area contributed by atoms with Gasteiger partial charge in [0.15, 0.2) is 0 Å². The molecule has 4 heteroatoms. The number of furan rings is 1. The zero-order chi connectivity index (χ0) is 13.3. The fourth-order valence-corrected chi connectivity index (χ4v) is 2.45. The molecule has 0 saturated carbocycles. The monoisotopic (exact) mass is 313 g/mol. The van der Waals surface area contributed by atoms with E-state index in [-0.39, 0.29) is 11.9 Å². The van der Waals surface area contributed by atoms with E-state index in [2.05, 4.69) is 42.0 Å². The summed E-state index contributed by atoms with van der Waals surface area (Å²) in [6.45, 7) is 7.21. The number of hydrogen-bond donors (Lipinski definition) is 1. The third kappa shape index (κ3) is 2.59. The minimum Gasteiger partial charge on any atom is -0.459 e. The van der Waals surface area contributed by atoms with Crippen LogP contribution in [-0.4, -0.2) is 6.54 Å². The second-order valence-electron chi connectivity index (χ2n) is 4.73. The molecule has 2 nitrogen and oxygen atoms in total. The van der Waals surface area contributed by atoms with Gasteiger partial charge in [-0.2, -0.15) is 0 Å². The summed E-state index contributed by atoms with van der Waals surface area (Å²) in [5.41, 5.74) is 0.592. The van der Waals surface area contributed by atoms with Gasteiger partial charge in [0.05, 0.1) is 10.5 Å². The van der Waals surface area contributed by atoms with Crippen LogP contribution in [0.3, 0.4) is 0 Å². The summed E-state index contributed by atoms with van der Waals surface area (Å²) in [5.74, 6) is 0.978. The minimum absolute atomic E-state index is 0.157. The van der Waals surface area contributed by atoms with Gasteiger partial charge in [-0.1, -0.05) is 20.8 Å². The Balaban J connectivity index is 2.45. The van der Waals surface area contributed by atoms with Crippen molar-refractivity contribution in [2.45, 2.75) is 26.8 Å². The fraction of sp³-hybridized carbons (Fsp3) is 0.429. The minimum atomic E-state index is -0.298. The molecular weight excluding hydrogens is 297 g/mol. The summed E-state index contributed by atoms with van der Waals surface area (Å²) < 4.78 is 19.7. The number of benzene rings is 1. The molecule has 0 spiro atoms. The highest BCUT2D eigenvalue weighted by Crippen LogP contribution is 2.31. The molecule has 0 aliphatic carbocycles. The number of rotatable bonds is 4. The van der Waals surface area contributed by atoms with Crippen LogP contribution in [0.5, 0.6) is 0 Å². The highest BCUT2D eigenvalue weighted by Gasteiger charge is 2.19. The Morgan fingerprint density at radius 2 is 2.06 bits per heavy atom. The summed E-state index contributed by atoms with van der Waals surface area (Å²) in [4.78, 5) is 0. The van der Waals surface area contributed by atoms with Gasteiger partial charge in [0.25, 0.3) is 0 Å². The van der Waals surface area contributed by atoms with Crippen LogP contribution in [0.25, 0.3) is 11.0 Å². The molecule has 0 aliphatic rings. The molecule has 1 aromatic heterocycles. The van der Waals surface area contributed by atoms with Crippen molar-refractivity contribution in [3.05, 3.63) is 34.2 Å². The molecule has 1 aromatic carbocycles. The van der Waals surface area contributed by atoms with Crippen LogP contribution >= 0.6 is 15.9 Å². The quantitative estimate of drug-likeness (QED) is 0.889. The first-order valence-electron chi connectivity index (χ1n) is 6.14. The lowest BCUT2D eigenvalue weighted by atomic mass is 10.0. The molecule has 0 bridgehead atoms. The summed E-state index contributed by atoms with van der Waals surface area (Å²) in [5, 5.41) is 4.31. The van der Waals surface area contributed by atoms with Crippen molar-refractivity contribution in [1.82, 2.24) is 5.32 Å². The first kappa shape index (κ1) is 13.6. The lowest BCUT2D eigenvalue weighted by molar-refractivity contribution is 0.356. The number of nitrogens with one attached hydrogen (secondary N) is 1. The Morgan fingerprint density at radius 1 is 1.33 bits per heavy atom. The van der Waals surface area contributed by atoms with Gasteiger partial charge in [-0.15, -0.1) is 0 Å². The first-order chi connectivity index (χ1) is 8.52. The van der Waals surface area contributed by atoms with Gasteiger partial charge in [-0.3, -0.25) is 0 Å². The summed E-state index contributed by atoms with van der Waals surface area (Å²) >= 11 is 3.19. The SMILES string of the molecule is CCNC(c1cc2cc(Br)c(F)cc2o1)C(C)C. The largest absolute Gasteiger partial charge is 0.459 e. The van der Waals surface area contributed by atoms with Gasteiger partial charge in [-0.05, 0) is 40.5 Å². The van der Waals surface area contributed by atoms with Crippen molar-refractivity contribution in [3.8, 4) is 0 Å². The highest BCUT2D eigenvalue weighted by atomic mass is 79.9. The average molecular weight is 314 g/mol. The molecule has 18 heavy (non-hydrogen) atoms. The zero-order valence-electron chi connectivity index (χ0n) is 10.8. The third-order valence-electron chi connectivity index (χ3n) is 2.98. The van der Waals surface area contributed by atoms with E-state index < -0.39 is 0 Å². The Bertz CT molecular complexity index is 511. The molecule has 0 amide bonds. The van der Waals surface area contributed by atoms with Crippen molar-refractivity contribution in [2.75, 3.05) is 6.54 Å². The fourth-order valence-electron chi connectivity index (χ4n) is 2.09. The van der Waals surface area contributed by atoms with E-state index in [1.165, 1.54) is 6.07 Å². The van der Waals surface area contributed by atoms with E-state index in [9.17, 15) is 4.39 Å². The number of hydrogen-bond acceptors (Lipinski definition) is 2. The second-order valence-corrected chi connectivity index (χ2v) is 5.59. The Labute approximate surface area is 115 Å². The number of fused-ring (bicyclic) bond motifs is 1. The summed E-state index contributed by atoms with van der Waals surface area (Å²) in [6, 6.07) is 5.31. The van der Waals surface area contributed by atoms with Gasteiger partial charge in [0, 0.05) is 11.5 Å². The molecular formula is C14H17BrFNO. The van der Waals surface area contributed by atoms with Crippen LogP contribution in [0.1, 0.15) is 32.6 Å². The van der Waals surface area contributed by atoms with Crippen molar-refractivity contribution < 1.29 is 8.81 Å². The van der Waals surface area contributed by atoms with Crippen LogP contribution < -0.4 is 5.32 Å². The average Bonchev–Trinajstić information content (AvgIpc) is 2.68. The molecule has 1 heterocycles.